The van der Waals surface area contributed by atoms with E-state index in [1.54, 1.807) is 36.6 Å². The summed E-state index contributed by atoms with van der Waals surface area (Å²) in [6.07, 6.45) is 0.854. The lowest BCUT2D eigenvalue weighted by Gasteiger charge is -2.25. The summed E-state index contributed by atoms with van der Waals surface area (Å²) in [5, 5.41) is 35.6. The number of nitrogens with one attached hydrogen (secondary N) is 3. The summed E-state index contributed by atoms with van der Waals surface area (Å²) in [5.74, 6) is -3.17. The van der Waals surface area contributed by atoms with E-state index in [1.807, 2.05) is 0 Å². The molecule has 0 aromatic heterocycles. The van der Waals surface area contributed by atoms with E-state index in [1.165, 1.54) is 18.7 Å². The molecule has 33 heavy (non-hydrogen) atoms. The Morgan fingerprint density at radius 1 is 0.970 bits per heavy atom. The van der Waals surface area contributed by atoms with Gasteiger partial charge >= 0.3 is 5.97 Å². The van der Waals surface area contributed by atoms with E-state index in [4.69, 9.17) is 5.73 Å². The fourth-order valence-electron chi connectivity index (χ4n) is 2.78. The Morgan fingerprint density at radius 3 is 2.03 bits per heavy atom. The first-order valence-corrected chi connectivity index (χ1v) is 11.7. The first-order valence-electron chi connectivity index (χ1n) is 10.3. The number of aliphatic hydroxyl groups is 2. The van der Waals surface area contributed by atoms with Gasteiger partial charge in [0.15, 0.2) is 0 Å². The summed E-state index contributed by atoms with van der Waals surface area (Å²) in [6, 6.07) is 3.69. The van der Waals surface area contributed by atoms with Crippen molar-refractivity contribution in [1.82, 2.24) is 16.0 Å². The molecule has 5 unspecified atom stereocenters. The molecule has 0 spiro atoms. The Balaban J connectivity index is 2.95. The van der Waals surface area contributed by atoms with Gasteiger partial charge in [0.05, 0.1) is 12.7 Å². The highest BCUT2D eigenvalue weighted by Crippen LogP contribution is 2.06. The molecule has 8 N–H and O–H groups in total. The van der Waals surface area contributed by atoms with Crippen LogP contribution in [0.1, 0.15) is 18.9 Å². The lowest BCUT2D eigenvalue weighted by molar-refractivity contribution is -0.142. The van der Waals surface area contributed by atoms with Crippen LogP contribution >= 0.6 is 11.8 Å². The van der Waals surface area contributed by atoms with E-state index in [0.29, 0.717) is 11.3 Å². The monoisotopic (exact) mass is 484 g/mol. The van der Waals surface area contributed by atoms with E-state index in [-0.39, 0.29) is 12.8 Å². The molecule has 0 saturated carbocycles. The van der Waals surface area contributed by atoms with Gasteiger partial charge in [-0.15, -0.1) is 0 Å². The maximum Gasteiger partial charge on any atom is 0.326 e. The number of carbonyl (C=O) groups is 4. The molecule has 184 valence electrons. The minimum Gasteiger partial charge on any atom is -0.480 e. The van der Waals surface area contributed by atoms with Gasteiger partial charge in [0, 0.05) is 6.42 Å². The second-order valence-corrected chi connectivity index (χ2v) is 8.43. The smallest absolute Gasteiger partial charge is 0.326 e. The molecule has 0 bridgehead atoms. The van der Waals surface area contributed by atoms with Gasteiger partial charge in [0.1, 0.15) is 24.2 Å². The summed E-state index contributed by atoms with van der Waals surface area (Å²) in [4.78, 5) is 49.1. The van der Waals surface area contributed by atoms with Crippen LogP contribution in [-0.2, 0) is 25.6 Å². The van der Waals surface area contributed by atoms with Crippen LogP contribution in [0.4, 0.5) is 0 Å². The molecule has 3 amide bonds. The predicted octanol–water partition coefficient (Wildman–Crippen LogP) is -1.78. The molecular weight excluding hydrogens is 452 g/mol. The number of benzene rings is 1. The molecule has 1 rings (SSSR count). The van der Waals surface area contributed by atoms with Gasteiger partial charge in [-0.2, -0.15) is 11.8 Å². The molecule has 0 aliphatic heterocycles. The van der Waals surface area contributed by atoms with E-state index in [9.17, 15) is 34.5 Å². The van der Waals surface area contributed by atoms with Gasteiger partial charge in [0.25, 0.3) is 0 Å². The van der Waals surface area contributed by atoms with Crippen LogP contribution < -0.4 is 21.7 Å². The summed E-state index contributed by atoms with van der Waals surface area (Å²) in [5.41, 5.74) is 6.35. The fourth-order valence-corrected chi connectivity index (χ4v) is 3.25. The van der Waals surface area contributed by atoms with Crippen molar-refractivity contribution in [3.05, 3.63) is 35.9 Å². The van der Waals surface area contributed by atoms with Crippen molar-refractivity contribution in [2.45, 2.75) is 50.0 Å². The maximum absolute atomic E-state index is 12.9. The molecule has 0 fully saturated rings. The number of hydrogen-bond acceptors (Lipinski definition) is 8. The first kappa shape index (κ1) is 28.4. The van der Waals surface area contributed by atoms with E-state index in [0.717, 1.165) is 0 Å². The van der Waals surface area contributed by atoms with Crippen molar-refractivity contribution < 1.29 is 34.5 Å². The number of carboxylic acid groups (broad SMARTS) is 1. The third-order valence-corrected chi connectivity index (χ3v) is 5.42. The second-order valence-electron chi connectivity index (χ2n) is 7.44. The minimum atomic E-state index is -1.44. The number of carbonyl (C=O) groups excluding carboxylic acids is 3. The van der Waals surface area contributed by atoms with Crippen LogP contribution in [0.25, 0.3) is 0 Å². The standard InChI is InChI=1S/C21H32N4O7S/c1-12(27)17(22)20(30)24-15(10-13-6-4-3-5-7-13)18(28)25-16(11-26)19(29)23-14(21(31)32)8-9-33-2/h3-7,12,14-17,26-27H,8-11,22H2,1-2H3,(H,23,29)(H,24,30)(H,25,28)(H,31,32). The van der Waals surface area contributed by atoms with Crippen molar-refractivity contribution in [3.8, 4) is 0 Å². The summed E-state index contributed by atoms with van der Waals surface area (Å²) < 4.78 is 0. The predicted molar refractivity (Wildman–Crippen MR) is 123 cm³/mol. The molecule has 5 atom stereocenters. The van der Waals surface area contributed by atoms with Crippen LogP contribution in [0.15, 0.2) is 30.3 Å². The highest BCUT2D eigenvalue weighted by molar-refractivity contribution is 7.98. The number of hydrogen-bond donors (Lipinski definition) is 7. The lowest BCUT2D eigenvalue weighted by Crippen LogP contribution is -2.59. The fraction of sp³-hybridized carbons (Fsp3) is 0.524. The van der Waals surface area contributed by atoms with Crippen LogP contribution in [-0.4, -0.2) is 87.9 Å². The molecule has 0 saturated heterocycles. The van der Waals surface area contributed by atoms with Gasteiger partial charge in [-0.25, -0.2) is 4.79 Å². The van der Waals surface area contributed by atoms with Crippen molar-refractivity contribution in [2.24, 2.45) is 5.73 Å². The molecule has 1 aromatic rings. The first-order chi connectivity index (χ1) is 15.6. The zero-order chi connectivity index (χ0) is 25.0. The van der Waals surface area contributed by atoms with E-state index >= 15 is 0 Å². The molecule has 11 nitrogen and oxygen atoms in total. The zero-order valence-electron chi connectivity index (χ0n) is 18.6. The highest BCUT2D eigenvalue weighted by Gasteiger charge is 2.30. The quantitative estimate of drug-likeness (QED) is 0.160. The molecule has 12 heteroatoms. The Labute approximate surface area is 196 Å². The molecular formula is C21H32N4O7S. The third-order valence-electron chi connectivity index (χ3n) is 4.78. The lowest BCUT2D eigenvalue weighted by atomic mass is 10.0. The average Bonchev–Trinajstić information content (AvgIpc) is 2.79. The van der Waals surface area contributed by atoms with Gasteiger partial charge in [-0.05, 0) is 30.9 Å². The molecule has 0 radical (unpaired) electrons. The molecule has 0 aliphatic carbocycles. The van der Waals surface area contributed by atoms with Gasteiger partial charge in [-0.1, -0.05) is 30.3 Å². The Morgan fingerprint density at radius 2 is 1.52 bits per heavy atom. The van der Waals surface area contributed by atoms with Crippen LogP contribution in [0.5, 0.6) is 0 Å². The Bertz CT molecular complexity index is 794. The largest absolute Gasteiger partial charge is 0.480 e. The number of nitrogens with two attached hydrogens (primary N) is 1. The van der Waals surface area contributed by atoms with Crippen molar-refractivity contribution in [3.63, 3.8) is 0 Å². The third kappa shape index (κ3) is 9.78. The molecule has 0 heterocycles. The van der Waals surface area contributed by atoms with Gasteiger partial charge in [-0.3, -0.25) is 14.4 Å². The topological polar surface area (TPSA) is 191 Å². The number of aliphatic carboxylic acids is 1. The number of amides is 3. The Hall–Kier alpha value is -2.67. The summed E-state index contributed by atoms with van der Waals surface area (Å²) >= 11 is 1.41. The van der Waals surface area contributed by atoms with Crippen LogP contribution in [0, 0.1) is 0 Å². The van der Waals surface area contributed by atoms with Crippen molar-refractivity contribution in [1.29, 1.82) is 0 Å². The zero-order valence-corrected chi connectivity index (χ0v) is 19.4. The summed E-state index contributed by atoms with van der Waals surface area (Å²) in [6.45, 7) is 0.546. The normalized spacial score (nSPS) is 15.4. The average molecular weight is 485 g/mol. The van der Waals surface area contributed by atoms with Crippen LogP contribution in [0.2, 0.25) is 0 Å². The minimum absolute atomic E-state index is 0.0518. The van der Waals surface area contributed by atoms with Gasteiger partial charge in [0.2, 0.25) is 17.7 Å². The molecule has 1 aromatic carbocycles. The van der Waals surface area contributed by atoms with Crippen molar-refractivity contribution >= 4 is 35.5 Å². The second kappa shape index (κ2) is 14.5. The maximum atomic E-state index is 12.9. The molecule has 0 aliphatic rings. The number of rotatable bonds is 14. The van der Waals surface area contributed by atoms with E-state index in [2.05, 4.69) is 16.0 Å². The van der Waals surface area contributed by atoms with Gasteiger partial charge < -0.3 is 37.0 Å². The Kier molecular flexibility index (Phi) is 12.4. The summed E-state index contributed by atoms with van der Waals surface area (Å²) in [7, 11) is 0. The SMILES string of the molecule is CSCCC(NC(=O)C(CO)NC(=O)C(Cc1ccccc1)NC(=O)C(N)C(C)O)C(=O)O. The van der Waals surface area contributed by atoms with E-state index < -0.39 is 60.6 Å². The van der Waals surface area contributed by atoms with Crippen molar-refractivity contribution in [2.75, 3.05) is 18.6 Å². The van der Waals surface area contributed by atoms with Crippen LogP contribution in [0.3, 0.4) is 0 Å². The number of carboxylic acids is 1. The number of aliphatic hydroxyl groups excluding tert-OH is 2. The number of thioether (sulfide) groups is 1. The highest BCUT2D eigenvalue weighted by atomic mass is 32.2.